The van der Waals surface area contributed by atoms with E-state index in [1.54, 1.807) is 30.3 Å². The first-order valence-corrected chi connectivity index (χ1v) is 12.6. The van der Waals surface area contributed by atoms with E-state index in [0.29, 0.717) is 29.5 Å². The first-order valence-electron chi connectivity index (χ1n) is 11.1. The van der Waals surface area contributed by atoms with E-state index in [1.165, 1.54) is 11.2 Å². The van der Waals surface area contributed by atoms with Crippen molar-refractivity contribution < 1.29 is 32.5 Å². The number of carbonyl (C=O) groups is 3. The van der Waals surface area contributed by atoms with Crippen molar-refractivity contribution in [1.29, 1.82) is 0 Å². The lowest BCUT2D eigenvalue weighted by Crippen LogP contribution is -2.42. The van der Waals surface area contributed by atoms with E-state index in [1.807, 2.05) is 30.3 Å². The molecule has 1 aliphatic rings. The second-order valence-corrected chi connectivity index (χ2v) is 9.39. The molecule has 0 unspecified atom stereocenters. The molecule has 4 rings (SSSR count). The van der Waals surface area contributed by atoms with E-state index >= 15 is 0 Å². The SMILES string of the molecule is O=C(CN(Cc1ccco1)C(=O)C[S@](=O)CC(=O)Nc1ccc2c(c1)OCO2)NCc1ccccc1. The summed E-state index contributed by atoms with van der Waals surface area (Å²) in [6.45, 7) is 0.213. The molecule has 1 atom stereocenters. The largest absolute Gasteiger partial charge is 0.467 e. The van der Waals surface area contributed by atoms with Crippen molar-refractivity contribution in [2.45, 2.75) is 13.1 Å². The maximum atomic E-state index is 12.9. The molecule has 0 fully saturated rings. The fraction of sp³-hybridized carbons (Fsp3) is 0.240. The van der Waals surface area contributed by atoms with Crippen LogP contribution < -0.4 is 20.1 Å². The van der Waals surface area contributed by atoms with E-state index in [2.05, 4.69) is 10.6 Å². The topological polar surface area (TPSA) is 127 Å². The van der Waals surface area contributed by atoms with Crippen LogP contribution in [0.15, 0.2) is 71.3 Å². The zero-order chi connectivity index (χ0) is 25.3. The van der Waals surface area contributed by atoms with Gasteiger partial charge in [0.15, 0.2) is 11.5 Å². The molecule has 1 aliphatic heterocycles. The fourth-order valence-electron chi connectivity index (χ4n) is 3.45. The van der Waals surface area contributed by atoms with E-state index in [0.717, 1.165) is 5.56 Å². The van der Waals surface area contributed by atoms with Gasteiger partial charge in [-0.15, -0.1) is 0 Å². The van der Waals surface area contributed by atoms with Crippen molar-refractivity contribution in [3.8, 4) is 11.5 Å². The third kappa shape index (κ3) is 7.19. The first-order chi connectivity index (χ1) is 17.5. The second kappa shape index (κ2) is 12.0. The molecule has 11 heteroatoms. The van der Waals surface area contributed by atoms with Crippen LogP contribution in [0.2, 0.25) is 0 Å². The summed E-state index contributed by atoms with van der Waals surface area (Å²) < 4.78 is 28.4. The minimum absolute atomic E-state index is 0.0329. The van der Waals surface area contributed by atoms with Gasteiger partial charge < -0.3 is 29.4 Å². The molecule has 36 heavy (non-hydrogen) atoms. The molecule has 188 valence electrons. The van der Waals surface area contributed by atoms with Crippen molar-refractivity contribution >= 4 is 34.2 Å². The summed E-state index contributed by atoms with van der Waals surface area (Å²) in [7, 11) is -1.79. The smallest absolute Gasteiger partial charge is 0.239 e. The highest BCUT2D eigenvalue weighted by Gasteiger charge is 2.22. The molecule has 2 heterocycles. The van der Waals surface area contributed by atoms with Crippen LogP contribution in [0.3, 0.4) is 0 Å². The molecule has 0 saturated heterocycles. The predicted molar refractivity (Wildman–Crippen MR) is 131 cm³/mol. The van der Waals surface area contributed by atoms with Crippen LogP contribution in [0.1, 0.15) is 11.3 Å². The van der Waals surface area contributed by atoms with Crippen molar-refractivity contribution in [1.82, 2.24) is 10.2 Å². The molecule has 2 aromatic carbocycles. The Morgan fingerprint density at radius 3 is 2.50 bits per heavy atom. The summed E-state index contributed by atoms with van der Waals surface area (Å²) in [6.07, 6.45) is 1.46. The molecule has 2 N–H and O–H groups in total. The molecule has 0 spiro atoms. The lowest BCUT2D eigenvalue weighted by atomic mass is 10.2. The molecule has 1 aromatic heterocycles. The number of fused-ring (bicyclic) bond motifs is 1. The molecule has 0 radical (unpaired) electrons. The maximum Gasteiger partial charge on any atom is 0.239 e. The van der Waals surface area contributed by atoms with Gasteiger partial charge in [-0.05, 0) is 29.8 Å². The van der Waals surface area contributed by atoms with Crippen LogP contribution in [-0.4, -0.2) is 51.7 Å². The number of nitrogens with one attached hydrogen (secondary N) is 2. The van der Waals surface area contributed by atoms with Crippen LogP contribution in [0, 0.1) is 0 Å². The molecule has 0 aliphatic carbocycles. The van der Waals surface area contributed by atoms with Crippen LogP contribution in [-0.2, 0) is 38.3 Å². The Hall–Kier alpha value is -4.12. The van der Waals surface area contributed by atoms with Gasteiger partial charge in [-0.1, -0.05) is 30.3 Å². The van der Waals surface area contributed by atoms with E-state index < -0.39 is 28.4 Å². The summed E-state index contributed by atoms with van der Waals surface area (Å²) in [4.78, 5) is 39.0. The molecule has 0 saturated carbocycles. The Morgan fingerprint density at radius 2 is 1.72 bits per heavy atom. The first kappa shape index (κ1) is 25.0. The number of amides is 3. The minimum atomic E-state index is -1.79. The average molecular weight is 512 g/mol. The Bertz CT molecular complexity index is 1230. The van der Waals surface area contributed by atoms with Crippen molar-refractivity contribution in [3.63, 3.8) is 0 Å². The van der Waals surface area contributed by atoms with Gasteiger partial charge in [0.05, 0.1) is 12.8 Å². The minimum Gasteiger partial charge on any atom is -0.467 e. The Kier molecular flexibility index (Phi) is 8.35. The number of ether oxygens (including phenoxy) is 2. The lowest BCUT2D eigenvalue weighted by Gasteiger charge is -2.21. The Balaban J connectivity index is 1.30. The monoisotopic (exact) mass is 511 g/mol. The lowest BCUT2D eigenvalue weighted by molar-refractivity contribution is -0.134. The second-order valence-electron chi connectivity index (χ2n) is 7.94. The zero-order valence-corrected chi connectivity index (χ0v) is 20.1. The van der Waals surface area contributed by atoms with E-state index in [9.17, 15) is 18.6 Å². The number of nitrogens with zero attached hydrogens (tertiary/aromatic N) is 1. The highest BCUT2D eigenvalue weighted by atomic mass is 32.2. The van der Waals surface area contributed by atoms with E-state index in [4.69, 9.17) is 13.9 Å². The third-order valence-electron chi connectivity index (χ3n) is 5.18. The molecule has 0 bridgehead atoms. The molecule has 3 amide bonds. The summed E-state index contributed by atoms with van der Waals surface area (Å²) in [5.74, 6) is -0.657. The highest BCUT2D eigenvalue weighted by molar-refractivity contribution is 7.86. The van der Waals surface area contributed by atoms with Gasteiger partial charge >= 0.3 is 0 Å². The van der Waals surface area contributed by atoms with E-state index in [-0.39, 0.29) is 31.5 Å². The van der Waals surface area contributed by atoms with Crippen molar-refractivity contribution in [2.75, 3.05) is 30.2 Å². The number of hydrogen-bond donors (Lipinski definition) is 2. The Labute approximate surface area is 210 Å². The quantitative estimate of drug-likeness (QED) is 0.403. The normalized spacial score (nSPS) is 12.6. The number of anilines is 1. The number of rotatable bonds is 11. The van der Waals surface area contributed by atoms with Gasteiger partial charge in [0.2, 0.25) is 24.5 Å². The van der Waals surface area contributed by atoms with Crippen LogP contribution in [0.5, 0.6) is 11.5 Å². The molecular formula is C25H25N3O7S. The summed E-state index contributed by atoms with van der Waals surface area (Å²) >= 11 is 0. The van der Waals surface area contributed by atoms with Crippen LogP contribution >= 0.6 is 0 Å². The van der Waals surface area contributed by atoms with Crippen LogP contribution in [0.4, 0.5) is 5.69 Å². The average Bonchev–Trinajstić information content (AvgIpc) is 3.54. The van der Waals surface area contributed by atoms with Gasteiger partial charge in [0.25, 0.3) is 0 Å². The predicted octanol–water partition coefficient (Wildman–Crippen LogP) is 2.04. The summed E-state index contributed by atoms with van der Waals surface area (Å²) in [5.41, 5.74) is 1.38. The zero-order valence-electron chi connectivity index (χ0n) is 19.3. The number of hydrogen-bond acceptors (Lipinski definition) is 7. The Morgan fingerprint density at radius 1 is 0.917 bits per heavy atom. The van der Waals surface area contributed by atoms with Gasteiger partial charge in [0.1, 0.15) is 23.8 Å². The fourth-order valence-corrected chi connectivity index (χ4v) is 4.37. The third-order valence-corrected chi connectivity index (χ3v) is 6.33. The van der Waals surface area contributed by atoms with Gasteiger partial charge in [0, 0.05) is 29.1 Å². The van der Waals surface area contributed by atoms with Crippen molar-refractivity contribution in [3.05, 3.63) is 78.3 Å². The summed E-state index contributed by atoms with van der Waals surface area (Å²) in [6, 6.07) is 17.6. The summed E-state index contributed by atoms with van der Waals surface area (Å²) in [5, 5.41) is 5.41. The maximum absolute atomic E-state index is 12.9. The van der Waals surface area contributed by atoms with Gasteiger partial charge in [-0.25, -0.2) is 0 Å². The number of carbonyl (C=O) groups excluding carboxylic acids is 3. The highest BCUT2D eigenvalue weighted by Crippen LogP contribution is 2.34. The van der Waals surface area contributed by atoms with Crippen LogP contribution in [0.25, 0.3) is 0 Å². The van der Waals surface area contributed by atoms with Gasteiger partial charge in [-0.2, -0.15) is 0 Å². The standard InChI is InChI=1S/C25H25N3O7S/c29-23(26-12-18-5-2-1-3-6-18)14-28(13-20-7-4-10-33-20)25(31)16-36(32)15-24(30)27-19-8-9-21-22(11-19)35-17-34-21/h1-11H,12-17H2,(H,26,29)(H,27,30)/t36-/m1/s1. The number of furan rings is 1. The number of benzene rings is 2. The van der Waals surface area contributed by atoms with Crippen molar-refractivity contribution in [2.24, 2.45) is 0 Å². The molecular weight excluding hydrogens is 486 g/mol. The van der Waals surface area contributed by atoms with Gasteiger partial charge in [-0.3, -0.25) is 18.6 Å². The molecule has 3 aromatic rings. The molecule has 10 nitrogen and oxygen atoms in total.